The van der Waals surface area contributed by atoms with Crippen molar-refractivity contribution in [1.29, 1.82) is 5.26 Å². The van der Waals surface area contributed by atoms with Crippen LogP contribution in [-0.2, 0) is 13.1 Å². The van der Waals surface area contributed by atoms with E-state index in [9.17, 15) is 18.4 Å². The summed E-state index contributed by atoms with van der Waals surface area (Å²) in [5.41, 5.74) is 3.24. The first kappa shape index (κ1) is 28.5. The maximum atomic E-state index is 13.5. The van der Waals surface area contributed by atoms with Crippen LogP contribution in [0.5, 0.6) is 0 Å². The quantitative estimate of drug-likeness (QED) is 0.375. The van der Waals surface area contributed by atoms with Crippen molar-refractivity contribution in [2.75, 3.05) is 39.3 Å². The van der Waals surface area contributed by atoms with Gasteiger partial charge in [-0.05, 0) is 79.4 Å². The SMILES string of the molecule is N#Cc1ccc(CN2CCC(CC(=O)c3ccc(C(=O)N4CCN(Cc5cc(F)cc(F)c5)CC4)cn3)CC2)cc1. The molecule has 1 amide bonds. The highest BCUT2D eigenvalue weighted by Crippen LogP contribution is 2.24. The molecule has 2 aliphatic rings. The number of carbonyl (C=O) groups excluding carboxylic acids is 2. The molecule has 0 N–H and O–H groups in total. The first-order chi connectivity index (χ1) is 19.9. The normalized spacial score (nSPS) is 16.9. The molecule has 0 radical (unpaired) electrons. The zero-order valence-electron chi connectivity index (χ0n) is 22.9. The first-order valence-corrected chi connectivity index (χ1v) is 14.0. The lowest BCUT2D eigenvalue weighted by molar-refractivity contribution is 0.0627. The van der Waals surface area contributed by atoms with Crippen LogP contribution in [0.1, 0.15) is 56.8 Å². The van der Waals surface area contributed by atoms with E-state index in [2.05, 4.69) is 20.9 Å². The number of hydrogen-bond acceptors (Lipinski definition) is 6. The monoisotopic (exact) mass is 557 g/mol. The van der Waals surface area contributed by atoms with E-state index < -0.39 is 11.6 Å². The molecule has 2 saturated heterocycles. The Morgan fingerprint density at radius 3 is 2.07 bits per heavy atom. The van der Waals surface area contributed by atoms with Gasteiger partial charge in [0.1, 0.15) is 17.3 Å². The van der Waals surface area contributed by atoms with Gasteiger partial charge in [-0.3, -0.25) is 24.4 Å². The Balaban J connectivity index is 1.06. The second-order valence-electron chi connectivity index (χ2n) is 10.9. The zero-order chi connectivity index (χ0) is 28.8. The van der Waals surface area contributed by atoms with Crippen molar-refractivity contribution >= 4 is 11.7 Å². The van der Waals surface area contributed by atoms with E-state index in [1.807, 2.05) is 24.3 Å². The number of rotatable bonds is 8. The van der Waals surface area contributed by atoms with E-state index in [4.69, 9.17) is 5.26 Å². The summed E-state index contributed by atoms with van der Waals surface area (Å²) in [5.74, 6) is -1.02. The number of likely N-dealkylation sites (tertiary alicyclic amines) is 1. The Kier molecular flexibility index (Phi) is 9.12. The molecule has 3 aromatic rings. The van der Waals surface area contributed by atoms with Gasteiger partial charge in [0.15, 0.2) is 5.78 Å². The highest BCUT2D eigenvalue weighted by Gasteiger charge is 2.25. The molecule has 2 fully saturated rings. The Morgan fingerprint density at radius 1 is 0.829 bits per heavy atom. The van der Waals surface area contributed by atoms with Crippen molar-refractivity contribution in [1.82, 2.24) is 19.7 Å². The van der Waals surface area contributed by atoms with E-state index in [1.165, 1.54) is 23.9 Å². The summed E-state index contributed by atoms with van der Waals surface area (Å²) < 4.78 is 27.0. The molecule has 1 aromatic heterocycles. The number of halogens is 2. The number of nitrogens with zero attached hydrogens (tertiary/aromatic N) is 5. The van der Waals surface area contributed by atoms with Crippen LogP contribution < -0.4 is 0 Å². The second-order valence-corrected chi connectivity index (χ2v) is 10.9. The standard InChI is InChI=1S/C32H33F2N5O2/c33-28-15-26(16-29(34)18-28)22-38-11-13-39(14-12-38)32(41)27-5-6-30(36-20-27)31(40)17-23-7-9-37(10-8-23)21-25-3-1-24(19-35)2-4-25/h1-6,15-16,18,20,23H,7-14,17,21-22H2. The van der Waals surface area contributed by atoms with Crippen LogP contribution in [0.2, 0.25) is 0 Å². The van der Waals surface area contributed by atoms with Gasteiger partial charge < -0.3 is 4.90 Å². The van der Waals surface area contributed by atoms with Gasteiger partial charge in [-0.15, -0.1) is 0 Å². The van der Waals surface area contributed by atoms with Gasteiger partial charge in [0.25, 0.3) is 5.91 Å². The van der Waals surface area contributed by atoms with Gasteiger partial charge in [-0.2, -0.15) is 5.26 Å². The Bertz CT molecular complexity index is 1390. The van der Waals surface area contributed by atoms with E-state index in [-0.39, 0.29) is 11.7 Å². The molecular formula is C32H33F2N5O2. The predicted molar refractivity (Wildman–Crippen MR) is 150 cm³/mol. The summed E-state index contributed by atoms with van der Waals surface area (Å²) in [6.07, 6.45) is 3.82. The zero-order valence-corrected chi connectivity index (χ0v) is 22.9. The number of pyridine rings is 1. The molecule has 3 heterocycles. The maximum absolute atomic E-state index is 13.5. The molecule has 0 saturated carbocycles. The third-order valence-corrected chi connectivity index (χ3v) is 7.95. The number of carbonyl (C=O) groups is 2. The van der Waals surface area contributed by atoms with Crippen LogP contribution in [0.25, 0.3) is 0 Å². The molecule has 9 heteroatoms. The molecule has 5 rings (SSSR count). The highest BCUT2D eigenvalue weighted by atomic mass is 19.1. The lowest BCUT2D eigenvalue weighted by atomic mass is 9.90. The summed E-state index contributed by atoms with van der Waals surface area (Å²) in [6, 6.07) is 16.6. The largest absolute Gasteiger partial charge is 0.336 e. The molecule has 212 valence electrons. The predicted octanol–water partition coefficient (Wildman–Crippen LogP) is 4.67. The summed E-state index contributed by atoms with van der Waals surface area (Å²) in [6.45, 7) is 5.30. The summed E-state index contributed by atoms with van der Waals surface area (Å²) in [4.78, 5) is 36.4. The van der Waals surface area contributed by atoms with Crippen LogP contribution in [0.15, 0.2) is 60.8 Å². The molecule has 0 atom stereocenters. The minimum atomic E-state index is -0.593. The lowest BCUT2D eigenvalue weighted by Gasteiger charge is -2.34. The van der Waals surface area contributed by atoms with Crippen molar-refractivity contribution in [2.45, 2.75) is 32.4 Å². The van der Waals surface area contributed by atoms with Gasteiger partial charge in [0.2, 0.25) is 0 Å². The van der Waals surface area contributed by atoms with Gasteiger partial charge in [0.05, 0.1) is 17.2 Å². The number of Topliss-reactive ketones (excluding diaryl/α,β-unsaturated/α-hetero) is 1. The third kappa shape index (κ3) is 7.60. The molecule has 2 aliphatic heterocycles. The maximum Gasteiger partial charge on any atom is 0.255 e. The van der Waals surface area contributed by atoms with Crippen LogP contribution >= 0.6 is 0 Å². The Hall–Kier alpha value is -4.00. The average Bonchev–Trinajstić information content (AvgIpc) is 2.98. The van der Waals surface area contributed by atoms with Crippen molar-refractivity contribution in [3.05, 3.63) is 100 Å². The number of ketones is 1. The number of piperazine rings is 1. The topological polar surface area (TPSA) is 80.5 Å². The molecular weight excluding hydrogens is 524 g/mol. The van der Waals surface area contributed by atoms with Crippen molar-refractivity contribution < 1.29 is 18.4 Å². The van der Waals surface area contributed by atoms with E-state index in [1.54, 1.807) is 17.0 Å². The van der Waals surface area contributed by atoms with Gasteiger partial charge in [-0.25, -0.2) is 8.78 Å². The summed E-state index contributed by atoms with van der Waals surface area (Å²) in [7, 11) is 0. The number of benzene rings is 2. The molecule has 0 spiro atoms. The second kappa shape index (κ2) is 13.1. The molecule has 2 aromatic carbocycles. The number of piperidine rings is 1. The van der Waals surface area contributed by atoms with Gasteiger partial charge in [0, 0.05) is 58.0 Å². The summed E-state index contributed by atoms with van der Waals surface area (Å²) >= 11 is 0. The number of amides is 1. The molecule has 7 nitrogen and oxygen atoms in total. The molecule has 0 bridgehead atoms. The van der Waals surface area contributed by atoms with Crippen LogP contribution in [0.4, 0.5) is 8.78 Å². The van der Waals surface area contributed by atoms with Crippen LogP contribution in [0, 0.1) is 28.9 Å². The van der Waals surface area contributed by atoms with Gasteiger partial charge >= 0.3 is 0 Å². The number of aromatic nitrogens is 1. The number of hydrogen-bond donors (Lipinski definition) is 0. The van der Waals surface area contributed by atoms with E-state index in [0.717, 1.165) is 38.5 Å². The molecule has 41 heavy (non-hydrogen) atoms. The minimum Gasteiger partial charge on any atom is -0.336 e. The van der Waals surface area contributed by atoms with Crippen molar-refractivity contribution in [2.24, 2.45) is 5.92 Å². The Labute approximate surface area is 239 Å². The smallest absolute Gasteiger partial charge is 0.255 e. The fraction of sp³-hybridized carbons (Fsp3) is 0.375. The molecule has 0 unspecified atom stereocenters. The van der Waals surface area contributed by atoms with Crippen LogP contribution in [-0.4, -0.2) is 70.6 Å². The minimum absolute atomic E-state index is 0.00283. The molecule has 0 aliphatic carbocycles. The summed E-state index contributed by atoms with van der Waals surface area (Å²) in [5, 5.41) is 8.96. The third-order valence-electron chi connectivity index (χ3n) is 7.95. The average molecular weight is 558 g/mol. The highest BCUT2D eigenvalue weighted by molar-refractivity contribution is 5.97. The fourth-order valence-electron chi connectivity index (χ4n) is 5.60. The first-order valence-electron chi connectivity index (χ1n) is 14.0. The Morgan fingerprint density at radius 2 is 1.46 bits per heavy atom. The van der Waals surface area contributed by atoms with Crippen molar-refractivity contribution in [3.8, 4) is 6.07 Å². The van der Waals surface area contributed by atoms with E-state index in [0.29, 0.717) is 67.4 Å². The van der Waals surface area contributed by atoms with Crippen molar-refractivity contribution in [3.63, 3.8) is 0 Å². The fourth-order valence-corrected chi connectivity index (χ4v) is 5.60. The van der Waals surface area contributed by atoms with E-state index >= 15 is 0 Å². The van der Waals surface area contributed by atoms with Gasteiger partial charge in [-0.1, -0.05) is 12.1 Å². The number of nitriles is 1. The van der Waals surface area contributed by atoms with Crippen LogP contribution in [0.3, 0.4) is 0 Å². The lowest BCUT2D eigenvalue weighted by Crippen LogP contribution is -2.48.